The molecule has 132 valence electrons. The predicted molar refractivity (Wildman–Crippen MR) is 101 cm³/mol. The summed E-state index contributed by atoms with van der Waals surface area (Å²) in [7, 11) is -3.19. The summed E-state index contributed by atoms with van der Waals surface area (Å²) >= 11 is 5.98. The topological polar surface area (TPSA) is 101 Å². The number of carbonyl (C=O) groups excluding carboxylic acids is 1. The first-order chi connectivity index (χ1) is 11.8. The van der Waals surface area contributed by atoms with Crippen LogP contribution in [0.2, 0.25) is 0 Å². The van der Waals surface area contributed by atoms with E-state index in [-0.39, 0.29) is 11.5 Å². The number of hydrogen-bond acceptors (Lipinski definition) is 4. The molecular weight excluding hydrogens is 362 g/mol. The fourth-order valence-electron chi connectivity index (χ4n) is 2.69. The van der Waals surface area contributed by atoms with E-state index in [1.807, 2.05) is 36.4 Å². The van der Waals surface area contributed by atoms with E-state index in [1.54, 1.807) is 12.1 Å². The average molecular weight is 380 g/mol. The van der Waals surface area contributed by atoms with Crippen molar-refractivity contribution in [3.05, 3.63) is 48.5 Å². The Morgan fingerprint density at radius 2 is 1.56 bits per heavy atom. The molecule has 3 rings (SSSR count). The second-order valence-electron chi connectivity index (χ2n) is 6.00. The monoisotopic (exact) mass is 379 g/mol. The van der Waals surface area contributed by atoms with Gasteiger partial charge >= 0.3 is 6.03 Å². The number of benzene rings is 2. The van der Waals surface area contributed by atoms with Gasteiger partial charge in [0.05, 0.1) is 22.9 Å². The van der Waals surface area contributed by atoms with Crippen molar-refractivity contribution in [2.75, 3.05) is 22.6 Å². The summed E-state index contributed by atoms with van der Waals surface area (Å²) in [6.07, 6.45) is 0. The molecule has 4 N–H and O–H groups in total. The number of urea groups is 1. The first-order valence-electron chi connectivity index (χ1n) is 7.70. The van der Waals surface area contributed by atoms with Crippen molar-refractivity contribution >= 4 is 38.8 Å². The second-order valence-corrected chi connectivity index (χ2v) is 8.71. The molecule has 0 aliphatic carbocycles. The fraction of sp³-hybridized carbons (Fsp3) is 0.235. The van der Waals surface area contributed by atoms with Gasteiger partial charge in [-0.2, -0.15) is 0 Å². The van der Waals surface area contributed by atoms with Gasteiger partial charge in [-0.1, -0.05) is 24.3 Å². The van der Waals surface area contributed by atoms with Crippen molar-refractivity contribution in [2.24, 2.45) is 0 Å². The molecule has 1 aliphatic rings. The van der Waals surface area contributed by atoms with E-state index in [1.165, 1.54) is 0 Å². The lowest BCUT2D eigenvalue weighted by Gasteiger charge is -2.15. The zero-order valence-corrected chi connectivity index (χ0v) is 14.8. The van der Waals surface area contributed by atoms with Gasteiger partial charge in [0.15, 0.2) is 9.84 Å². The maximum atomic E-state index is 12.0. The minimum Gasteiger partial charge on any atom is -0.399 e. The highest BCUT2D eigenvalue weighted by molar-refractivity contribution is 7.91. The number of rotatable bonds is 3. The lowest BCUT2D eigenvalue weighted by atomic mass is 10.1. The SMILES string of the molecule is Nc1ccc(-c2ccc(NC(=O)N[C@H]3CS(=O)(=O)C[C@H]3Cl)cc2)cc1. The molecule has 8 heteroatoms. The fourth-order valence-corrected chi connectivity index (χ4v) is 5.24. The molecule has 2 aromatic rings. The zero-order valence-electron chi connectivity index (χ0n) is 13.3. The van der Waals surface area contributed by atoms with Crippen LogP contribution in [-0.2, 0) is 9.84 Å². The first kappa shape index (κ1) is 17.6. The number of nitrogen functional groups attached to an aromatic ring is 1. The Morgan fingerprint density at radius 1 is 1.00 bits per heavy atom. The molecule has 2 aromatic carbocycles. The molecule has 0 unspecified atom stereocenters. The standard InChI is InChI=1S/C17H18ClN3O3S/c18-15-9-25(23,24)10-16(15)21-17(22)20-14-7-3-12(4-8-14)11-1-5-13(19)6-2-11/h1-8,15-16H,9-10,19H2,(H2,20,21,22)/t15-,16+/m1/s1. The van der Waals surface area contributed by atoms with E-state index in [2.05, 4.69) is 10.6 Å². The summed E-state index contributed by atoms with van der Waals surface area (Å²) in [4.78, 5) is 12.0. The summed E-state index contributed by atoms with van der Waals surface area (Å²) < 4.78 is 23.0. The molecular formula is C17H18ClN3O3S. The molecule has 25 heavy (non-hydrogen) atoms. The Hall–Kier alpha value is -2.25. The average Bonchev–Trinajstić information content (AvgIpc) is 2.80. The van der Waals surface area contributed by atoms with Gasteiger partial charge in [-0.05, 0) is 35.4 Å². The number of nitrogens with one attached hydrogen (secondary N) is 2. The molecule has 0 saturated carbocycles. The third kappa shape index (κ3) is 4.43. The Morgan fingerprint density at radius 3 is 2.08 bits per heavy atom. The lowest BCUT2D eigenvalue weighted by molar-refractivity contribution is 0.249. The maximum absolute atomic E-state index is 12.0. The molecule has 6 nitrogen and oxygen atoms in total. The maximum Gasteiger partial charge on any atom is 0.319 e. The predicted octanol–water partition coefficient (Wildman–Crippen LogP) is 2.46. The summed E-state index contributed by atoms with van der Waals surface area (Å²) in [6, 6.07) is 13.7. The van der Waals surface area contributed by atoms with Gasteiger partial charge in [0.2, 0.25) is 0 Å². The van der Waals surface area contributed by atoms with Gasteiger partial charge in [0.25, 0.3) is 0 Å². The largest absolute Gasteiger partial charge is 0.399 e. The van der Waals surface area contributed by atoms with Gasteiger partial charge in [-0.15, -0.1) is 11.6 Å². The van der Waals surface area contributed by atoms with Crippen LogP contribution in [0.15, 0.2) is 48.5 Å². The minimum atomic E-state index is -3.19. The Labute approximate surface area is 151 Å². The highest BCUT2D eigenvalue weighted by atomic mass is 35.5. The highest BCUT2D eigenvalue weighted by Crippen LogP contribution is 2.23. The van der Waals surface area contributed by atoms with Crippen LogP contribution in [-0.4, -0.2) is 37.4 Å². The van der Waals surface area contributed by atoms with Gasteiger partial charge in [0.1, 0.15) is 0 Å². The van der Waals surface area contributed by atoms with E-state index in [0.29, 0.717) is 11.4 Å². The van der Waals surface area contributed by atoms with Gasteiger partial charge in [-0.3, -0.25) is 0 Å². The molecule has 0 bridgehead atoms. The van der Waals surface area contributed by atoms with Crippen molar-refractivity contribution in [1.82, 2.24) is 5.32 Å². The molecule has 1 saturated heterocycles. The molecule has 1 fully saturated rings. The molecule has 0 radical (unpaired) electrons. The summed E-state index contributed by atoms with van der Waals surface area (Å²) in [5.41, 5.74) is 8.99. The van der Waals surface area contributed by atoms with Crippen molar-refractivity contribution in [3.8, 4) is 11.1 Å². The van der Waals surface area contributed by atoms with E-state index < -0.39 is 27.3 Å². The van der Waals surface area contributed by atoms with Gasteiger partial charge in [0, 0.05) is 11.4 Å². The van der Waals surface area contributed by atoms with Gasteiger partial charge in [-0.25, -0.2) is 13.2 Å². The number of alkyl halides is 1. The summed E-state index contributed by atoms with van der Waals surface area (Å²) in [6.45, 7) is 0. The van der Waals surface area contributed by atoms with E-state index in [9.17, 15) is 13.2 Å². The van der Waals surface area contributed by atoms with Crippen LogP contribution in [0, 0.1) is 0 Å². The lowest BCUT2D eigenvalue weighted by Crippen LogP contribution is -2.42. The van der Waals surface area contributed by atoms with Crippen molar-refractivity contribution in [1.29, 1.82) is 0 Å². The number of anilines is 2. The molecule has 0 aromatic heterocycles. The van der Waals surface area contributed by atoms with Crippen LogP contribution in [0.1, 0.15) is 0 Å². The van der Waals surface area contributed by atoms with Crippen LogP contribution in [0.3, 0.4) is 0 Å². The smallest absolute Gasteiger partial charge is 0.319 e. The number of halogens is 1. The number of carbonyl (C=O) groups is 1. The third-order valence-electron chi connectivity index (χ3n) is 3.99. The van der Waals surface area contributed by atoms with Crippen molar-refractivity contribution < 1.29 is 13.2 Å². The number of sulfone groups is 1. The number of nitrogens with two attached hydrogens (primary N) is 1. The van der Waals surface area contributed by atoms with Crippen LogP contribution >= 0.6 is 11.6 Å². The summed E-state index contributed by atoms with van der Waals surface area (Å²) in [5, 5.41) is 4.68. The van der Waals surface area contributed by atoms with Crippen molar-refractivity contribution in [2.45, 2.75) is 11.4 Å². The van der Waals surface area contributed by atoms with Crippen molar-refractivity contribution in [3.63, 3.8) is 0 Å². The Balaban J connectivity index is 1.61. The van der Waals surface area contributed by atoms with E-state index in [0.717, 1.165) is 11.1 Å². The zero-order chi connectivity index (χ0) is 18.0. The minimum absolute atomic E-state index is 0.115. The second kappa shape index (κ2) is 6.93. The van der Waals surface area contributed by atoms with Gasteiger partial charge < -0.3 is 16.4 Å². The quantitative estimate of drug-likeness (QED) is 0.563. The molecule has 0 spiro atoms. The van der Waals surface area contributed by atoms with Crippen LogP contribution in [0.25, 0.3) is 11.1 Å². The van der Waals surface area contributed by atoms with Crippen LogP contribution in [0.5, 0.6) is 0 Å². The number of amides is 2. The third-order valence-corrected chi connectivity index (χ3v) is 6.36. The Kier molecular flexibility index (Phi) is 4.87. The summed E-state index contributed by atoms with van der Waals surface area (Å²) in [5.74, 6) is -0.250. The molecule has 1 heterocycles. The molecule has 1 aliphatic heterocycles. The highest BCUT2D eigenvalue weighted by Gasteiger charge is 2.37. The van der Waals surface area contributed by atoms with E-state index in [4.69, 9.17) is 17.3 Å². The first-order valence-corrected chi connectivity index (χ1v) is 9.96. The van der Waals surface area contributed by atoms with Crippen LogP contribution < -0.4 is 16.4 Å². The van der Waals surface area contributed by atoms with E-state index >= 15 is 0 Å². The molecule has 2 atom stereocenters. The number of hydrogen-bond donors (Lipinski definition) is 3. The van der Waals surface area contributed by atoms with Crippen LogP contribution in [0.4, 0.5) is 16.2 Å². The normalized spacial score (nSPS) is 21.6. The Bertz CT molecular complexity index is 867. The molecule has 2 amide bonds.